The quantitative estimate of drug-likeness (QED) is 0.556. The van der Waals surface area contributed by atoms with Gasteiger partial charge in [-0.25, -0.2) is 4.39 Å². The van der Waals surface area contributed by atoms with E-state index in [1.807, 2.05) is 18.2 Å². The summed E-state index contributed by atoms with van der Waals surface area (Å²) in [7, 11) is 1.74. The SMILES string of the molecule is [C-]#[N+]c1ccc2c(n1)c(N1C[C@@H](CC)N(Cc3ccc(F)cc3)C[C@@H]1CC)cc(=O)n2C. The monoisotopic (exact) mass is 433 g/mol. The van der Waals surface area contributed by atoms with E-state index >= 15 is 0 Å². The second kappa shape index (κ2) is 9.09. The van der Waals surface area contributed by atoms with E-state index in [9.17, 15) is 9.18 Å². The van der Waals surface area contributed by atoms with Crippen molar-refractivity contribution in [2.24, 2.45) is 7.05 Å². The number of benzene rings is 1. The molecule has 1 fully saturated rings. The van der Waals surface area contributed by atoms with Crippen molar-refractivity contribution >= 4 is 22.5 Å². The van der Waals surface area contributed by atoms with Crippen LogP contribution in [0.2, 0.25) is 0 Å². The Kier molecular flexibility index (Phi) is 6.24. The molecule has 1 aliphatic rings. The lowest BCUT2D eigenvalue weighted by Gasteiger charge is -2.47. The molecule has 6 nitrogen and oxygen atoms in total. The van der Waals surface area contributed by atoms with Crippen LogP contribution in [-0.4, -0.2) is 39.6 Å². The normalized spacial score (nSPS) is 19.3. The second-order valence-electron chi connectivity index (χ2n) is 8.41. The van der Waals surface area contributed by atoms with Gasteiger partial charge in [-0.15, -0.1) is 4.98 Å². The van der Waals surface area contributed by atoms with Crippen LogP contribution in [0.4, 0.5) is 15.9 Å². The van der Waals surface area contributed by atoms with Crippen LogP contribution in [0.25, 0.3) is 15.9 Å². The van der Waals surface area contributed by atoms with Crippen molar-refractivity contribution in [2.75, 3.05) is 18.0 Å². The van der Waals surface area contributed by atoms with Gasteiger partial charge in [0.05, 0.1) is 11.2 Å². The van der Waals surface area contributed by atoms with Gasteiger partial charge in [0.15, 0.2) is 0 Å². The maximum Gasteiger partial charge on any atom is 0.270 e. The summed E-state index contributed by atoms with van der Waals surface area (Å²) in [5, 5.41) is 0. The number of hydrogen-bond acceptors (Lipinski definition) is 4. The number of aryl methyl sites for hydroxylation is 1. The van der Waals surface area contributed by atoms with Crippen LogP contribution in [0, 0.1) is 12.4 Å². The fourth-order valence-corrected chi connectivity index (χ4v) is 4.64. The van der Waals surface area contributed by atoms with Gasteiger partial charge < -0.3 is 14.3 Å². The van der Waals surface area contributed by atoms with Crippen LogP contribution < -0.4 is 10.5 Å². The van der Waals surface area contributed by atoms with Gasteiger partial charge >= 0.3 is 0 Å². The lowest BCUT2D eigenvalue weighted by atomic mass is 10.00. The fourth-order valence-electron chi connectivity index (χ4n) is 4.64. The summed E-state index contributed by atoms with van der Waals surface area (Å²) >= 11 is 0. The molecule has 3 aromatic rings. The molecular weight excluding hydrogens is 405 g/mol. The predicted molar refractivity (Wildman–Crippen MR) is 126 cm³/mol. The molecule has 0 amide bonds. The van der Waals surface area contributed by atoms with E-state index in [0.717, 1.165) is 49.2 Å². The van der Waals surface area contributed by atoms with Crippen molar-refractivity contribution < 1.29 is 4.39 Å². The molecule has 0 N–H and O–H groups in total. The maximum absolute atomic E-state index is 13.3. The first-order valence-electron chi connectivity index (χ1n) is 11.1. The van der Waals surface area contributed by atoms with Gasteiger partial charge in [0.1, 0.15) is 5.82 Å². The van der Waals surface area contributed by atoms with Crippen molar-refractivity contribution in [1.82, 2.24) is 14.5 Å². The van der Waals surface area contributed by atoms with Crippen LogP contribution in [0.5, 0.6) is 0 Å². The largest absolute Gasteiger partial charge is 0.362 e. The zero-order valence-corrected chi connectivity index (χ0v) is 18.8. The molecule has 0 saturated carbocycles. The molecular formula is C25H28FN5O. The van der Waals surface area contributed by atoms with Gasteiger partial charge in [-0.2, -0.15) is 0 Å². The molecule has 4 rings (SSSR count). The van der Waals surface area contributed by atoms with Crippen LogP contribution in [0.15, 0.2) is 47.3 Å². The number of rotatable bonds is 5. The molecule has 1 aliphatic heterocycles. The van der Waals surface area contributed by atoms with E-state index in [1.165, 1.54) is 12.1 Å². The van der Waals surface area contributed by atoms with Gasteiger partial charge in [-0.3, -0.25) is 9.69 Å². The number of pyridine rings is 2. The number of aromatic nitrogens is 2. The van der Waals surface area contributed by atoms with Gasteiger partial charge in [0.2, 0.25) is 5.52 Å². The first kappa shape index (κ1) is 22.0. The number of anilines is 1. The molecule has 0 radical (unpaired) electrons. The summed E-state index contributed by atoms with van der Waals surface area (Å²) in [6.07, 6.45) is 1.87. The van der Waals surface area contributed by atoms with E-state index in [4.69, 9.17) is 6.57 Å². The molecule has 1 saturated heterocycles. The third-order valence-electron chi connectivity index (χ3n) is 6.53. The minimum absolute atomic E-state index is 0.0819. The zero-order valence-electron chi connectivity index (χ0n) is 18.8. The van der Waals surface area contributed by atoms with E-state index < -0.39 is 0 Å². The Balaban J connectivity index is 1.72. The van der Waals surface area contributed by atoms with Gasteiger partial charge in [-0.05, 0) is 42.7 Å². The fraction of sp³-hybridized carbons (Fsp3) is 0.400. The predicted octanol–water partition coefficient (Wildman–Crippen LogP) is 4.50. The molecule has 0 aliphatic carbocycles. The Morgan fingerprint density at radius 3 is 2.47 bits per heavy atom. The van der Waals surface area contributed by atoms with Crippen molar-refractivity contribution in [2.45, 2.75) is 45.3 Å². The van der Waals surface area contributed by atoms with Gasteiger partial charge in [-0.1, -0.05) is 32.6 Å². The topological polar surface area (TPSA) is 45.7 Å². The average molecular weight is 434 g/mol. The molecule has 7 heteroatoms. The number of hydrogen-bond donors (Lipinski definition) is 0. The molecule has 0 unspecified atom stereocenters. The van der Waals surface area contributed by atoms with Gasteiger partial charge in [0, 0.05) is 44.8 Å². The van der Waals surface area contributed by atoms with Crippen LogP contribution >= 0.6 is 0 Å². The molecule has 0 spiro atoms. The summed E-state index contributed by atoms with van der Waals surface area (Å²) < 4.78 is 14.9. The third kappa shape index (κ3) is 4.11. The minimum Gasteiger partial charge on any atom is -0.362 e. The van der Waals surface area contributed by atoms with Crippen molar-refractivity contribution in [3.8, 4) is 0 Å². The molecule has 32 heavy (non-hydrogen) atoms. The lowest BCUT2D eigenvalue weighted by molar-refractivity contribution is 0.136. The lowest BCUT2D eigenvalue weighted by Crippen LogP contribution is -2.58. The number of halogens is 1. The highest BCUT2D eigenvalue weighted by Gasteiger charge is 2.34. The molecule has 2 atom stereocenters. The molecule has 2 aromatic heterocycles. The summed E-state index contributed by atoms with van der Waals surface area (Å²) in [4.78, 5) is 25.6. The molecule has 0 bridgehead atoms. The smallest absolute Gasteiger partial charge is 0.270 e. The Hall–Kier alpha value is -3.24. The van der Waals surface area contributed by atoms with Crippen molar-refractivity contribution in [3.63, 3.8) is 0 Å². The standard InChI is InChI=1S/C25H28FN5O/c1-5-19-16-31(20(6-2)15-30(19)14-17-7-9-18(26)10-8-17)22-13-24(32)29(4)21-11-12-23(27-3)28-25(21)22/h7-13,19-20H,5-6,14-16H2,1-2,4H3/t19-,20+/m1/s1. The Bertz CT molecular complexity index is 1210. The number of fused-ring (bicyclic) bond motifs is 1. The molecule has 3 heterocycles. The van der Waals surface area contributed by atoms with Crippen LogP contribution in [0.3, 0.4) is 0 Å². The minimum atomic E-state index is -0.221. The van der Waals surface area contributed by atoms with E-state index in [-0.39, 0.29) is 23.5 Å². The third-order valence-corrected chi connectivity index (χ3v) is 6.53. The summed E-state index contributed by atoms with van der Waals surface area (Å²) in [6.45, 7) is 14.1. The highest BCUT2D eigenvalue weighted by molar-refractivity contribution is 5.89. The summed E-state index contributed by atoms with van der Waals surface area (Å²) in [5.74, 6) is 0.105. The van der Waals surface area contributed by atoms with Crippen LogP contribution in [0.1, 0.15) is 32.3 Å². The summed E-state index contributed by atoms with van der Waals surface area (Å²) in [6, 6.07) is 12.3. The van der Waals surface area contributed by atoms with Crippen molar-refractivity contribution in [3.05, 3.63) is 75.6 Å². The number of nitrogens with zero attached hydrogens (tertiary/aromatic N) is 5. The maximum atomic E-state index is 13.3. The first-order valence-corrected chi connectivity index (χ1v) is 11.1. The van der Waals surface area contributed by atoms with E-state index in [2.05, 4.69) is 33.5 Å². The highest BCUT2D eigenvalue weighted by atomic mass is 19.1. The average Bonchev–Trinajstić information content (AvgIpc) is 2.82. The molecule has 1 aromatic carbocycles. The Morgan fingerprint density at radius 2 is 1.81 bits per heavy atom. The van der Waals surface area contributed by atoms with E-state index in [1.54, 1.807) is 23.7 Å². The van der Waals surface area contributed by atoms with Crippen molar-refractivity contribution in [1.29, 1.82) is 0 Å². The highest BCUT2D eigenvalue weighted by Crippen LogP contribution is 2.32. The van der Waals surface area contributed by atoms with Crippen LogP contribution in [-0.2, 0) is 13.6 Å². The zero-order chi connectivity index (χ0) is 22.8. The Morgan fingerprint density at radius 1 is 1.09 bits per heavy atom. The second-order valence-corrected chi connectivity index (χ2v) is 8.41. The molecule has 166 valence electrons. The number of piperazine rings is 1. The Labute approximate surface area is 187 Å². The van der Waals surface area contributed by atoms with Gasteiger partial charge in [0.25, 0.3) is 11.4 Å². The summed E-state index contributed by atoms with van der Waals surface area (Å²) in [5.41, 5.74) is 3.25. The first-order chi connectivity index (χ1) is 15.4. The van der Waals surface area contributed by atoms with E-state index in [0.29, 0.717) is 11.3 Å².